The number of hydrogen-bond donors (Lipinski definition) is 2. The maximum atomic E-state index is 13.1. The van der Waals surface area contributed by atoms with Gasteiger partial charge in [-0.25, -0.2) is 8.42 Å². The highest BCUT2D eigenvalue weighted by atomic mass is 32.2. The van der Waals surface area contributed by atoms with Crippen LogP contribution in [-0.2, 0) is 10.0 Å². The Bertz CT molecular complexity index is 1210. The zero-order valence-corrected chi connectivity index (χ0v) is 16.6. The Morgan fingerprint density at radius 3 is 2.14 bits per heavy atom. The smallest absolute Gasteiger partial charge is 0.241 e. The summed E-state index contributed by atoms with van der Waals surface area (Å²) in [5.74, 6) is 0. The van der Waals surface area contributed by atoms with Crippen LogP contribution in [0.3, 0.4) is 0 Å². The van der Waals surface area contributed by atoms with Gasteiger partial charge in [-0.2, -0.15) is 4.72 Å². The second kappa shape index (κ2) is 7.26. The van der Waals surface area contributed by atoms with Gasteiger partial charge in [0.2, 0.25) is 10.0 Å². The predicted molar refractivity (Wildman–Crippen MR) is 113 cm³/mol. The summed E-state index contributed by atoms with van der Waals surface area (Å²) in [5.41, 5.74) is 4.78. The minimum Gasteiger partial charge on any atom is -0.357 e. The standard InChI is InChI=1S/C23H22N2O2S/c1-16-12-14-19(15-13-16)28(26,27)25-23(18-8-4-3-5-9-18)22-17(2)20-10-6-7-11-21(20)24-22/h3-15,23-25H,1-2H3/t23-/m1/s1. The van der Waals surface area contributed by atoms with E-state index in [0.717, 1.165) is 33.3 Å². The van der Waals surface area contributed by atoms with Crippen LogP contribution < -0.4 is 4.72 Å². The Kier molecular flexibility index (Phi) is 4.79. The minimum absolute atomic E-state index is 0.257. The lowest BCUT2D eigenvalue weighted by molar-refractivity contribution is 0.570. The number of rotatable bonds is 5. The van der Waals surface area contributed by atoms with Gasteiger partial charge in [0.1, 0.15) is 0 Å². The number of benzene rings is 3. The van der Waals surface area contributed by atoms with E-state index < -0.39 is 16.1 Å². The lowest BCUT2D eigenvalue weighted by Crippen LogP contribution is -2.30. The number of fused-ring (bicyclic) bond motifs is 1. The Hall–Kier alpha value is -2.89. The first-order valence-electron chi connectivity index (χ1n) is 9.17. The highest BCUT2D eigenvalue weighted by molar-refractivity contribution is 7.89. The lowest BCUT2D eigenvalue weighted by Gasteiger charge is -2.20. The molecule has 2 N–H and O–H groups in total. The van der Waals surface area contributed by atoms with E-state index in [9.17, 15) is 8.42 Å². The van der Waals surface area contributed by atoms with Gasteiger partial charge in [0.25, 0.3) is 0 Å². The fraction of sp³-hybridized carbons (Fsp3) is 0.130. The summed E-state index contributed by atoms with van der Waals surface area (Å²) >= 11 is 0. The average Bonchev–Trinajstić information content (AvgIpc) is 3.04. The topological polar surface area (TPSA) is 62.0 Å². The predicted octanol–water partition coefficient (Wildman–Crippen LogP) is 4.85. The highest BCUT2D eigenvalue weighted by Gasteiger charge is 2.26. The van der Waals surface area contributed by atoms with E-state index in [2.05, 4.69) is 9.71 Å². The van der Waals surface area contributed by atoms with Crippen LogP contribution in [0, 0.1) is 13.8 Å². The van der Waals surface area contributed by atoms with E-state index in [1.165, 1.54) is 0 Å². The van der Waals surface area contributed by atoms with Gasteiger partial charge in [-0.3, -0.25) is 0 Å². The van der Waals surface area contributed by atoms with Crippen LogP contribution in [-0.4, -0.2) is 13.4 Å². The Morgan fingerprint density at radius 1 is 0.821 bits per heavy atom. The summed E-state index contributed by atoms with van der Waals surface area (Å²) in [4.78, 5) is 3.68. The molecule has 0 aliphatic rings. The first kappa shape index (κ1) is 18.5. The average molecular weight is 391 g/mol. The van der Waals surface area contributed by atoms with Crippen molar-refractivity contribution < 1.29 is 8.42 Å². The molecule has 0 aliphatic carbocycles. The van der Waals surface area contributed by atoms with E-state index in [4.69, 9.17) is 0 Å². The molecule has 4 nitrogen and oxygen atoms in total. The van der Waals surface area contributed by atoms with Gasteiger partial charge in [-0.1, -0.05) is 66.2 Å². The number of para-hydroxylation sites is 1. The van der Waals surface area contributed by atoms with Crippen molar-refractivity contribution in [2.45, 2.75) is 24.8 Å². The Morgan fingerprint density at radius 2 is 1.46 bits per heavy atom. The lowest BCUT2D eigenvalue weighted by atomic mass is 10.0. The molecule has 0 fully saturated rings. The van der Waals surface area contributed by atoms with Gasteiger partial charge in [0.05, 0.1) is 10.9 Å². The molecular weight excluding hydrogens is 368 g/mol. The normalized spacial score (nSPS) is 12.9. The Labute approximate surface area is 165 Å². The van der Waals surface area contributed by atoms with Gasteiger partial charge >= 0.3 is 0 Å². The van der Waals surface area contributed by atoms with Crippen molar-refractivity contribution in [3.63, 3.8) is 0 Å². The van der Waals surface area contributed by atoms with Crippen LogP contribution >= 0.6 is 0 Å². The monoisotopic (exact) mass is 390 g/mol. The summed E-state index contributed by atoms with van der Waals surface area (Å²) < 4.78 is 29.1. The molecule has 0 aliphatic heterocycles. The molecule has 142 valence electrons. The van der Waals surface area contributed by atoms with Crippen molar-refractivity contribution in [2.75, 3.05) is 0 Å². The maximum absolute atomic E-state index is 13.1. The molecular formula is C23H22N2O2S. The molecule has 0 radical (unpaired) electrons. The fourth-order valence-corrected chi connectivity index (χ4v) is 4.67. The molecule has 1 atom stereocenters. The number of hydrogen-bond acceptors (Lipinski definition) is 2. The number of aromatic nitrogens is 1. The summed E-state index contributed by atoms with van der Waals surface area (Å²) in [7, 11) is -3.70. The quantitative estimate of drug-likeness (QED) is 0.511. The van der Waals surface area contributed by atoms with Crippen LogP contribution in [0.5, 0.6) is 0 Å². The van der Waals surface area contributed by atoms with Gasteiger partial charge in [-0.15, -0.1) is 0 Å². The third kappa shape index (κ3) is 3.46. The van der Waals surface area contributed by atoms with Gasteiger partial charge in [0, 0.05) is 16.6 Å². The summed E-state index contributed by atoms with van der Waals surface area (Å²) in [5, 5.41) is 1.09. The SMILES string of the molecule is Cc1ccc(S(=O)(=O)N[C@H](c2ccccc2)c2[nH]c3ccccc3c2C)cc1. The van der Waals surface area contributed by atoms with Crippen molar-refractivity contribution in [1.29, 1.82) is 0 Å². The van der Waals surface area contributed by atoms with Crippen LogP contribution in [0.1, 0.15) is 28.4 Å². The van der Waals surface area contributed by atoms with E-state index in [-0.39, 0.29) is 4.90 Å². The molecule has 4 aromatic rings. The molecule has 0 unspecified atom stereocenters. The first-order valence-corrected chi connectivity index (χ1v) is 10.7. The van der Waals surface area contributed by atoms with Crippen molar-refractivity contribution >= 4 is 20.9 Å². The molecule has 4 rings (SSSR count). The molecule has 0 saturated heterocycles. The number of aryl methyl sites for hydroxylation is 2. The molecule has 1 aromatic heterocycles. The van der Waals surface area contributed by atoms with Crippen molar-refractivity contribution in [2.24, 2.45) is 0 Å². The number of sulfonamides is 1. The van der Waals surface area contributed by atoms with E-state index in [1.54, 1.807) is 24.3 Å². The third-order valence-corrected chi connectivity index (χ3v) is 6.47. The fourth-order valence-electron chi connectivity index (χ4n) is 3.47. The van der Waals surface area contributed by atoms with E-state index in [0.29, 0.717) is 0 Å². The zero-order chi connectivity index (χ0) is 19.7. The van der Waals surface area contributed by atoms with E-state index in [1.807, 2.05) is 68.4 Å². The molecule has 28 heavy (non-hydrogen) atoms. The van der Waals surface area contributed by atoms with Crippen LogP contribution in [0.25, 0.3) is 10.9 Å². The second-order valence-electron chi connectivity index (χ2n) is 6.99. The van der Waals surface area contributed by atoms with Crippen LogP contribution in [0.15, 0.2) is 83.8 Å². The highest BCUT2D eigenvalue weighted by Crippen LogP contribution is 2.31. The van der Waals surface area contributed by atoms with Crippen LogP contribution in [0.4, 0.5) is 0 Å². The van der Waals surface area contributed by atoms with Crippen molar-refractivity contribution in [3.05, 3.63) is 101 Å². The third-order valence-electron chi connectivity index (χ3n) is 5.03. The van der Waals surface area contributed by atoms with E-state index >= 15 is 0 Å². The second-order valence-corrected chi connectivity index (χ2v) is 8.70. The number of aromatic amines is 1. The molecule has 0 amide bonds. The molecule has 0 saturated carbocycles. The largest absolute Gasteiger partial charge is 0.357 e. The minimum atomic E-state index is -3.70. The van der Waals surface area contributed by atoms with Gasteiger partial charge in [-0.05, 0) is 43.2 Å². The van der Waals surface area contributed by atoms with Gasteiger partial charge < -0.3 is 4.98 Å². The first-order chi connectivity index (χ1) is 13.5. The van der Waals surface area contributed by atoms with Crippen molar-refractivity contribution in [3.8, 4) is 0 Å². The number of H-pyrrole nitrogens is 1. The summed E-state index contributed by atoms with van der Waals surface area (Å²) in [6.45, 7) is 3.95. The molecule has 5 heteroatoms. The summed E-state index contributed by atoms with van der Waals surface area (Å²) in [6.07, 6.45) is 0. The van der Waals surface area contributed by atoms with Crippen LogP contribution in [0.2, 0.25) is 0 Å². The maximum Gasteiger partial charge on any atom is 0.241 e. The molecule has 0 bridgehead atoms. The van der Waals surface area contributed by atoms with Gasteiger partial charge in [0.15, 0.2) is 0 Å². The molecule has 0 spiro atoms. The number of nitrogens with one attached hydrogen (secondary N) is 2. The molecule has 3 aromatic carbocycles. The molecule has 1 heterocycles. The summed E-state index contributed by atoms with van der Waals surface area (Å²) in [6, 6.07) is 24.0. The van der Waals surface area contributed by atoms with Crippen molar-refractivity contribution in [1.82, 2.24) is 9.71 Å². The Balaban J connectivity index is 1.82. The zero-order valence-electron chi connectivity index (χ0n) is 15.8.